The molecule has 166 valence electrons. The molecule has 5 heteroatoms. The van der Waals surface area contributed by atoms with Crippen molar-refractivity contribution in [1.82, 2.24) is 0 Å². The number of hydrogen-bond donors (Lipinski definition) is 3. The zero-order valence-corrected chi connectivity index (χ0v) is 18.3. The highest BCUT2D eigenvalue weighted by Crippen LogP contribution is 2.32. The lowest BCUT2D eigenvalue weighted by Crippen LogP contribution is -2.41. The van der Waals surface area contributed by atoms with Crippen LogP contribution in [0.4, 0.5) is 0 Å². The second kappa shape index (κ2) is 17.0. The van der Waals surface area contributed by atoms with E-state index in [9.17, 15) is 19.8 Å². The number of Topliss-reactive ketones (excluding diaryl/α,β-unsaturated/α-hetero) is 1. The molecule has 2 unspecified atom stereocenters. The van der Waals surface area contributed by atoms with Crippen molar-refractivity contribution in [3.8, 4) is 0 Å². The van der Waals surface area contributed by atoms with Crippen LogP contribution in [0.25, 0.3) is 0 Å². The summed E-state index contributed by atoms with van der Waals surface area (Å²) < 4.78 is 0. The lowest BCUT2D eigenvalue weighted by Gasteiger charge is -2.28. The van der Waals surface area contributed by atoms with Gasteiger partial charge in [0.25, 0.3) is 0 Å². The topological polar surface area (TPSA) is 94.8 Å². The van der Waals surface area contributed by atoms with Gasteiger partial charge in [0.1, 0.15) is 11.2 Å². The Labute approximate surface area is 171 Å². The molecule has 5 nitrogen and oxygen atoms in total. The number of rotatable bonds is 20. The van der Waals surface area contributed by atoms with Crippen LogP contribution in [-0.4, -0.2) is 39.8 Å². The number of carboxylic acid groups (broad SMARTS) is 1. The van der Waals surface area contributed by atoms with Gasteiger partial charge in [0, 0.05) is 0 Å². The van der Waals surface area contributed by atoms with E-state index in [0.29, 0.717) is 6.42 Å². The normalized spacial score (nSPS) is 14.6. The van der Waals surface area contributed by atoms with E-state index in [1.807, 2.05) is 0 Å². The molecule has 0 saturated carbocycles. The molecule has 0 rings (SSSR count). The van der Waals surface area contributed by atoms with Crippen LogP contribution < -0.4 is 0 Å². The van der Waals surface area contributed by atoms with Crippen molar-refractivity contribution in [2.45, 2.75) is 123 Å². The first-order chi connectivity index (χ1) is 13.4. The SMILES string of the molecule is CCCCCCCCCCCCCCCCC(CC(O)CO)(C(C)=O)C(=O)O. The molecule has 0 saturated heterocycles. The lowest BCUT2D eigenvalue weighted by molar-refractivity contribution is -0.157. The lowest BCUT2D eigenvalue weighted by atomic mass is 9.74. The van der Waals surface area contributed by atoms with E-state index in [-0.39, 0.29) is 12.8 Å². The van der Waals surface area contributed by atoms with Gasteiger partial charge in [-0.05, 0) is 19.8 Å². The second-order valence-electron chi connectivity index (χ2n) is 8.33. The largest absolute Gasteiger partial charge is 0.480 e. The molecule has 28 heavy (non-hydrogen) atoms. The van der Waals surface area contributed by atoms with Crippen LogP contribution in [0.3, 0.4) is 0 Å². The van der Waals surface area contributed by atoms with Crippen molar-refractivity contribution in [3.05, 3.63) is 0 Å². The highest BCUT2D eigenvalue weighted by molar-refractivity contribution is 6.01. The number of hydrogen-bond acceptors (Lipinski definition) is 4. The molecule has 0 aromatic rings. The number of aliphatic hydroxyl groups excluding tert-OH is 2. The van der Waals surface area contributed by atoms with Gasteiger partial charge in [-0.25, -0.2) is 0 Å². The Balaban J connectivity index is 3.83. The third kappa shape index (κ3) is 11.8. The Hall–Kier alpha value is -0.940. The van der Waals surface area contributed by atoms with Gasteiger partial charge in [0.15, 0.2) is 0 Å². The van der Waals surface area contributed by atoms with Crippen molar-refractivity contribution < 1.29 is 24.9 Å². The summed E-state index contributed by atoms with van der Waals surface area (Å²) in [5.41, 5.74) is -1.57. The highest BCUT2D eigenvalue weighted by Gasteiger charge is 2.44. The fourth-order valence-corrected chi connectivity index (χ4v) is 3.85. The summed E-state index contributed by atoms with van der Waals surface area (Å²) >= 11 is 0. The van der Waals surface area contributed by atoms with Gasteiger partial charge in [-0.3, -0.25) is 9.59 Å². The highest BCUT2D eigenvalue weighted by atomic mass is 16.4. The van der Waals surface area contributed by atoms with Gasteiger partial charge >= 0.3 is 5.97 Å². The maximum atomic E-state index is 12.0. The average Bonchev–Trinajstić information content (AvgIpc) is 2.66. The summed E-state index contributed by atoms with van der Waals surface area (Å²) in [7, 11) is 0. The monoisotopic (exact) mass is 400 g/mol. The van der Waals surface area contributed by atoms with Gasteiger partial charge < -0.3 is 15.3 Å². The standard InChI is InChI=1S/C23H44O5/c1-3-4-5-6-7-8-9-10-11-12-13-14-15-16-17-23(20(2)25,22(27)28)18-21(26)19-24/h21,24,26H,3-19H2,1-2H3,(H,27,28). The van der Waals surface area contributed by atoms with Crippen molar-refractivity contribution in [1.29, 1.82) is 0 Å². The zero-order chi connectivity index (χ0) is 21.3. The summed E-state index contributed by atoms with van der Waals surface area (Å²) in [5, 5.41) is 28.2. The number of carbonyl (C=O) groups is 2. The molecule has 0 aliphatic heterocycles. The molecule has 0 spiro atoms. The maximum absolute atomic E-state index is 12.0. The van der Waals surface area contributed by atoms with Crippen LogP contribution in [0.5, 0.6) is 0 Å². The first-order valence-corrected chi connectivity index (χ1v) is 11.4. The molecule has 0 aliphatic carbocycles. The predicted molar refractivity (Wildman–Crippen MR) is 113 cm³/mol. The number of ketones is 1. The van der Waals surface area contributed by atoms with Crippen LogP contribution >= 0.6 is 0 Å². The van der Waals surface area contributed by atoms with Crippen molar-refractivity contribution >= 4 is 11.8 Å². The minimum Gasteiger partial charge on any atom is -0.480 e. The summed E-state index contributed by atoms with van der Waals surface area (Å²) in [6.07, 6.45) is 15.9. The minimum absolute atomic E-state index is 0.216. The van der Waals surface area contributed by atoms with E-state index >= 15 is 0 Å². The summed E-state index contributed by atoms with van der Waals surface area (Å²) in [6.45, 7) is 2.98. The van der Waals surface area contributed by atoms with Crippen LogP contribution in [0.1, 0.15) is 117 Å². The Bertz CT molecular complexity index is 394. The maximum Gasteiger partial charge on any atom is 0.317 e. The first-order valence-electron chi connectivity index (χ1n) is 11.4. The second-order valence-corrected chi connectivity index (χ2v) is 8.33. The van der Waals surface area contributed by atoms with Crippen LogP contribution in [-0.2, 0) is 9.59 Å². The van der Waals surface area contributed by atoms with Crippen molar-refractivity contribution in [2.75, 3.05) is 6.61 Å². The number of aliphatic hydroxyl groups is 2. The molecule has 0 radical (unpaired) electrons. The number of aliphatic carboxylic acids is 1. The predicted octanol–water partition coefficient (Wildman–Crippen LogP) is 5.26. The molecule has 0 aromatic carbocycles. The van der Waals surface area contributed by atoms with E-state index in [4.69, 9.17) is 5.11 Å². The Morgan fingerprint density at radius 3 is 1.50 bits per heavy atom. The quantitative estimate of drug-likeness (QED) is 0.191. The van der Waals surface area contributed by atoms with E-state index in [0.717, 1.165) is 19.3 Å². The van der Waals surface area contributed by atoms with Crippen LogP contribution in [0.15, 0.2) is 0 Å². The summed E-state index contributed by atoms with van der Waals surface area (Å²) in [4.78, 5) is 23.6. The van der Waals surface area contributed by atoms with Crippen molar-refractivity contribution in [3.63, 3.8) is 0 Å². The number of carboxylic acids is 1. The molecule has 0 amide bonds. The van der Waals surface area contributed by atoms with Gasteiger partial charge in [0.2, 0.25) is 0 Å². The third-order valence-corrected chi connectivity index (χ3v) is 5.84. The molecule has 2 atom stereocenters. The van der Waals surface area contributed by atoms with Crippen LogP contribution in [0, 0.1) is 5.41 Å². The van der Waals surface area contributed by atoms with E-state index < -0.39 is 29.9 Å². The smallest absolute Gasteiger partial charge is 0.317 e. The summed E-state index contributed by atoms with van der Waals surface area (Å²) in [5.74, 6) is -1.63. The van der Waals surface area contributed by atoms with Gasteiger partial charge in [0.05, 0.1) is 12.7 Å². The first kappa shape index (κ1) is 27.1. The van der Waals surface area contributed by atoms with E-state index in [1.54, 1.807) is 0 Å². The Morgan fingerprint density at radius 2 is 1.18 bits per heavy atom. The van der Waals surface area contributed by atoms with Gasteiger partial charge in [-0.1, -0.05) is 96.8 Å². The molecule has 0 bridgehead atoms. The molecule has 0 aliphatic rings. The third-order valence-electron chi connectivity index (χ3n) is 5.84. The number of carbonyl (C=O) groups excluding carboxylic acids is 1. The molecular formula is C23H44O5. The molecular weight excluding hydrogens is 356 g/mol. The Kier molecular flexibility index (Phi) is 16.4. The molecule has 0 aromatic heterocycles. The summed E-state index contributed by atoms with van der Waals surface area (Å²) in [6, 6.07) is 0. The average molecular weight is 401 g/mol. The molecule has 3 N–H and O–H groups in total. The number of unbranched alkanes of at least 4 members (excludes halogenated alkanes) is 13. The zero-order valence-electron chi connectivity index (χ0n) is 18.3. The van der Waals surface area contributed by atoms with Gasteiger partial charge in [-0.15, -0.1) is 0 Å². The van der Waals surface area contributed by atoms with Crippen molar-refractivity contribution in [2.24, 2.45) is 5.41 Å². The minimum atomic E-state index is -1.57. The van der Waals surface area contributed by atoms with E-state index in [2.05, 4.69) is 6.92 Å². The Morgan fingerprint density at radius 1 is 0.786 bits per heavy atom. The molecule has 0 fully saturated rings. The van der Waals surface area contributed by atoms with E-state index in [1.165, 1.54) is 71.1 Å². The van der Waals surface area contributed by atoms with Crippen LogP contribution in [0.2, 0.25) is 0 Å². The fourth-order valence-electron chi connectivity index (χ4n) is 3.85. The fraction of sp³-hybridized carbons (Fsp3) is 0.913. The molecule has 0 heterocycles. The van der Waals surface area contributed by atoms with Gasteiger partial charge in [-0.2, -0.15) is 0 Å².